The molecule has 17 heavy (non-hydrogen) atoms. The van der Waals surface area contributed by atoms with Crippen LogP contribution in [0.15, 0.2) is 36.9 Å². The van der Waals surface area contributed by atoms with E-state index in [1.165, 1.54) is 12.1 Å². The third-order valence-electron chi connectivity index (χ3n) is 2.36. The molecular formula is C12H14FN3O. The first-order chi connectivity index (χ1) is 8.25. The molecule has 0 saturated heterocycles. The number of aryl methyl sites for hydroxylation is 1. The van der Waals surface area contributed by atoms with E-state index in [1.54, 1.807) is 18.6 Å². The van der Waals surface area contributed by atoms with Crippen LogP contribution in [-0.4, -0.2) is 16.2 Å². The maximum absolute atomic E-state index is 13.1. The lowest BCUT2D eigenvalue weighted by Gasteiger charge is -2.07. The van der Waals surface area contributed by atoms with Crippen LogP contribution in [0.4, 0.5) is 10.1 Å². The molecule has 0 aliphatic heterocycles. The number of ether oxygens (including phenoxy) is 1. The number of aromatic nitrogens is 2. The third-order valence-corrected chi connectivity index (χ3v) is 2.36. The molecule has 0 spiro atoms. The van der Waals surface area contributed by atoms with Crippen LogP contribution in [0.5, 0.6) is 5.75 Å². The van der Waals surface area contributed by atoms with E-state index in [2.05, 4.69) is 4.98 Å². The summed E-state index contributed by atoms with van der Waals surface area (Å²) in [5.41, 5.74) is 5.50. The van der Waals surface area contributed by atoms with Crippen LogP contribution in [-0.2, 0) is 6.54 Å². The number of rotatable bonds is 5. The topological polar surface area (TPSA) is 53.1 Å². The molecule has 0 amide bonds. The molecule has 2 rings (SSSR count). The number of hydrogen-bond donors (Lipinski definition) is 1. The summed E-state index contributed by atoms with van der Waals surface area (Å²) in [6, 6.07) is 4.46. The van der Waals surface area contributed by atoms with E-state index in [0.29, 0.717) is 12.4 Å². The number of nitrogens with two attached hydrogens (primary N) is 1. The number of imidazole rings is 1. The minimum Gasteiger partial charge on any atom is -0.493 e. The van der Waals surface area contributed by atoms with Crippen molar-refractivity contribution < 1.29 is 9.13 Å². The summed E-state index contributed by atoms with van der Waals surface area (Å²) in [7, 11) is 0. The van der Waals surface area contributed by atoms with E-state index in [9.17, 15) is 4.39 Å². The summed E-state index contributed by atoms with van der Waals surface area (Å²) in [4.78, 5) is 3.94. The van der Waals surface area contributed by atoms with Crippen LogP contribution in [0.25, 0.3) is 0 Å². The molecular weight excluding hydrogens is 221 g/mol. The van der Waals surface area contributed by atoms with Gasteiger partial charge in [-0.1, -0.05) is 0 Å². The lowest BCUT2D eigenvalue weighted by atomic mass is 10.3. The SMILES string of the molecule is Nc1ccc(OCCCn2ccnc2)cc1F. The van der Waals surface area contributed by atoms with Gasteiger partial charge in [0.1, 0.15) is 11.6 Å². The molecule has 0 unspecified atom stereocenters. The summed E-state index contributed by atoms with van der Waals surface area (Å²) in [6.45, 7) is 1.36. The van der Waals surface area contributed by atoms with Crippen LogP contribution in [0, 0.1) is 5.82 Å². The van der Waals surface area contributed by atoms with Crippen molar-refractivity contribution in [3.8, 4) is 5.75 Å². The highest BCUT2D eigenvalue weighted by Gasteiger charge is 2.00. The molecule has 0 atom stereocenters. The molecule has 1 aromatic heterocycles. The average Bonchev–Trinajstić information content (AvgIpc) is 2.82. The molecule has 0 aliphatic carbocycles. The molecule has 90 valence electrons. The van der Waals surface area contributed by atoms with Gasteiger partial charge in [0.15, 0.2) is 0 Å². The Morgan fingerprint density at radius 1 is 1.41 bits per heavy atom. The van der Waals surface area contributed by atoms with Gasteiger partial charge in [-0.25, -0.2) is 9.37 Å². The summed E-state index contributed by atoms with van der Waals surface area (Å²) in [5, 5.41) is 0. The fourth-order valence-electron chi connectivity index (χ4n) is 1.45. The Morgan fingerprint density at radius 3 is 3.00 bits per heavy atom. The standard InChI is InChI=1S/C12H14FN3O/c13-11-8-10(2-3-12(11)14)17-7-1-5-16-6-4-15-9-16/h2-4,6,8-9H,1,5,7,14H2. The fraction of sp³-hybridized carbons (Fsp3) is 0.250. The maximum atomic E-state index is 13.1. The molecule has 4 nitrogen and oxygen atoms in total. The van der Waals surface area contributed by atoms with Gasteiger partial charge >= 0.3 is 0 Å². The largest absolute Gasteiger partial charge is 0.493 e. The Morgan fingerprint density at radius 2 is 2.29 bits per heavy atom. The summed E-state index contributed by atoms with van der Waals surface area (Å²) in [6.07, 6.45) is 6.21. The normalized spacial score (nSPS) is 10.4. The second kappa shape index (κ2) is 5.34. The summed E-state index contributed by atoms with van der Waals surface area (Å²) >= 11 is 0. The molecule has 0 radical (unpaired) electrons. The van der Waals surface area contributed by atoms with Gasteiger partial charge in [0.05, 0.1) is 18.6 Å². The van der Waals surface area contributed by atoms with Crippen molar-refractivity contribution >= 4 is 5.69 Å². The number of nitrogen functional groups attached to an aromatic ring is 1. The zero-order valence-electron chi connectivity index (χ0n) is 9.34. The van der Waals surface area contributed by atoms with Gasteiger partial charge in [0.25, 0.3) is 0 Å². The number of nitrogens with zero attached hydrogens (tertiary/aromatic N) is 2. The first-order valence-corrected chi connectivity index (χ1v) is 5.39. The first kappa shape index (κ1) is 11.4. The molecule has 0 bridgehead atoms. The highest BCUT2D eigenvalue weighted by atomic mass is 19.1. The minimum atomic E-state index is -0.447. The Kier molecular flexibility index (Phi) is 3.59. The number of benzene rings is 1. The van der Waals surface area contributed by atoms with Crippen molar-refractivity contribution in [1.82, 2.24) is 9.55 Å². The summed E-state index contributed by atoms with van der Waals surface area (Å²) in [5.74, 6) is 0.0550. The van der Waals surface area contributed by atoms with Crippen LogP contribution >= 0.6 is 0 Å². The van der Waals surface area contributed by atoms with Crippen molar-refractivity contribution in [1.29, 1.82) is 0 Å². The van der Waals surface area contributed by atoms with E-state index >= 15 is 0 Å². The molecule has 1 heterocycles. The van der Waals surface area contributed by atoms with Crippen LogP contribution in [0.2, 0.25) is 0 Å². The smallest absolute Gasteiger partial charge is 0.149 e. The second-order valence-electron chi connectivity index (χ2n) is 3.69. The molecule has 0 fully saturated rings. The molecule has 0 aliphatic rings. The Hall–Kier alpha value is -2.04. The Bertz CT molecular complexity index is 471. The van der Waals surface area contributed by atoms with E-state index in [-0.39, 0.29) is 5.69 Å². The van der Waals surface area contributed by atoms with Crippen molar-refractivity contribution in [3.63, 3.8) is 0 Å². The van der Waals surface area contributed by atoms with E-state index in [1.807, 2.05) is 10.8 Å². The van der Waals surface area contributed by atoms with Gasteiger partial charge in [0.2, 0.25) is 0 Å². The van der Waals surface area contributed by atoms with Crippen LogP contribution in [0.3, 0.4) is 0 Å². The quantitative estimate of drug-likeness (QED) is 0.637. The highest BCUT2D eigenvalue weighted by molar-refractivity contribution is 5.43. The number of halogens is 1. The second-order valence-corrected chi connectivity index (χ2v) is 3.69. The van der Waals surface area contributed by atoms with Crippen LogP contribution in [0.1, 0.15) is 6.42 Å². The van der Waals surface area contributed by atoms with Gasteiger partial charge in [-0.3, -0.25) is 0 Å². The van der Waals surface area contributed by atoms with E-state index < -0.39 is 5.82 Å². The van der Waals surface area contributed by atoms with Crippen molar-refractivity contribution in [2.24, 2.45) is 0 Å². The maximum Gasteiger partial charge on any atom is 0.149 e. The van der Waals surface area contributed by atoms with Gasteiger partial charge < -0.3 is 15.0 Å². The lowest BCUT2D eigenvalue weighted by molar-refractivity contribution is 0.300. The number of hydrogen-bond acceptors (Lipinski definition) is 3. The van der Waals surface area contributed by atoms with Gasteiger partial charge in [0, 0.05) is 25.0 Å². The molecule has 1 aromatic carbocycles. The van der Waals surface area contributed by atoms with Crippen molar-refractivity contribution in [2.45, 2.75) is 13.0 Å². The first-order valence-electron chi connectivity index (χ1n) is 5.39. The predicted octanol–water partition coefficient (Wildman–Crippen LogP) is 2.07. The molecule has 0 saturated carbocycles. The molecule has 5 heteroatoms. The molecule has 2 N–H and O–H groups in total. The van der Waals surface area contributed by atoms with Crippen molar-refractivity contribution in [2.75, 3.05) is 12.3 Å². The van der Waals surface area contributed by atoms with Gasteiger partial charge in [-0.2, -0.15) is 0 Å². The predicted molar refractivity (Wildman–Crippen MR) is 63.2 cm³/mol. The third kappa shape index (κ3) is 3.21. The summed E-state index contributed by atoms with van der Waals surface area (Å²) < 4.78 is 20.5. The van der Waals surface area contributed by atoms with Gasteiger partial charge in [-0.05, 0) is 18.6 Å². The Balaban J connectivity index is 1.76. The zero-order chi connectivity index (χ0) is 12.1. The number of anilines is 1. The highest BCUT2D eigenvalue weighted by Crippen LogP contribution is 2.17. The fourth-order valence-corrected chi connectivity index (χ4v) is 1.45. The Labute approximate surface area is 98.8 Å². The van der Waals surface area contributed by atoms with E-state index in [0.717, 1.165) is 13.0 Å². The van der Waals surface area contributed by atoms with E-state index in [4.69, 9.17) is 10.5 Å². The zero-order valence-corrected chi connectivity index (χ0v) is 9.34. The van der Waals surface area contributed by atoms with Crippen molar-refractivity contribution in [3.05, 3.63) is 42.7 Å². The average molecular weight is 235 g/mol. The lowest BCUT2D eigenvalue weighted by Crippen LogP contribution is -2.03. The van der Waals surface area contributed by atoms with Crippen LogP contribution < -0.4 is 10.5 Å². The monoisotopic (exact) mass is 235 g/mol. The molecule has 2 aromatic rings. The van der Waals surface area contributed by atoms with Gasteiger partial charge in [-0.15, -0.1) is 0 Å². The minimum absolute atomic E-state index is 0.135.